The molecule has 1 aromatic carbocycles. The second-order valence-corrected chi connectivity index (χ2v) is 4.77. The molecule has 0 aliphatic heterocycles. The first-order valence-corrected chi connectivity index (χ1v) is 6.40. The Labute approximate surface area is 109 Å². The van der Waals surface area contributed by atoms with E-state index < -0.39 is 0 Å². The van der Waals surface area contributed by atoms with Crippen LogP contribution in [0.2, 0.25) is 0 Å². The molecule has 0 heterocycles. The summed E-state index contributed by atoms with van der Waals surface area (Å²) in [6, 6.07) is 8.15. The minimum Gasteiger partial charge on any atom is -0.494 e. The molecule has 100 valence electrons. The Morgan fingerprint density at radius 2 is 1.89 bits per heavy atom. The Bertz CT molecular complexity index is 355. The summed E-state index contributed by atoms with van der Waals surface area (Å²) < 4.78 is 10.1. The molecule has 0 N–H and O–H groups in total. The number of hydrogen-bond acceptors (Lipinski definition) is 3. The second kappa shape index (κ2) is 7.75. The number of ether oxygens (including phenoxy) is 2. The molecule has 0 unspecified atom stereocenters. The Morgan fingerprint density at radius 1 is 1.22 bits per heavy atom. The summed E-state index contributed by atoms with van der Waals surface area (Å²) in [5.41, 5.74) is 1.33. The van der Waals surface area contributed by atoms with Crippen LogP contribution in [0.1, 0.15) is 32.3 Å². The third kappa shape index (κ3) is 5.71. The molecule has 0 saturated carbocycles. The molecule has 3 heteroatoms. The van der Waals surface area contributed by atoms with Crippen molar-refractivity contribution in [1.29, 1.82) is 0 Å². The van der Waals surface area contributed by atoms with Crippen LogP contribution in [-0.2, 0) is 16.0 Å². The predicted octanol–water partition coefficient (Wildman–Crippen LogP) is 3.22. The minimum atomic E-state index is -0.189. The Hall–Kier alpha value is -1.51. The molecule has 0 bridgehead atoms. The molecule has 0 radical (unpaired) electrons. The van der Waals surface area contributed by atoms with E-state index >= 15 is 0 Å². The molecule has 3 nitrogen and oxygen atoms in total. The number of benzene rings is 1. The van der Waals surface area contributed by atoms with Crippen molar-refractivity contribution in [3.05, 3.63) is 29.8 Å². The summed E-state index contributed by atoms with van der Waals surface area (Å²) in [6.07, 6.45) is 2.17. The highest BCUT2D eigenvalue weighted by atomic mass is 16.5. The lowest BCUT2D eigenvalue weighted by molar-refractivity contribution is -0.140. The number of rotatable bonds is 7. The van der Waals surface area contributed by atoms with Gasteiger partial charge in [0.25, 0.3) is 0 Å². The first-order valence-electron chi connectivity index (χ1n) is 6.40. The van der Waals surface area contributed by atoms with Gasteiger partial charge in [0.1, 0.15) is 5.75 Å². The zero-order valence-electron chi connectivity index (χ0n) is 11.4. The molecule has 0 aliphatic carbocycles. The van der Waals surface area contributed by atoms with Crippen molar-refractivity contribution in [2.75, 3.05) is 13.7 Å². The van der Waals surface area contributed by atoms with Crippen LogP contribution in [-0.4, -0.2) is 19.7 Å². The van der Waals surface area contributed by atoms with Gasteiger partial charge in [-0.3, -0.25) is 4.79 Å². The Kier molecular flexibility index (Phi) is 6.26. The Balaban J connectivity index is 2.28. The van der Waals surface area contributed by atoms with Crippen LogP contribution in [0.4, 0.5) is 0 Å². The fraction of sp³-hybridized carbons (Fsp3) is 0.533. The van der Waals surface area contributed by atoms with Crippen molar-refractivity contribution in [1.82, 2.24) is 0 Å². The van der Waals surface area contributed by atoms with Gasteiger partial charge >= 0.3 is 5.97 Å². The topological polar surface area (TPSA) is 35.5 Å². The highest BCUT2D eigenvalue weighted by molar-refractivity contribution is 5.69. The fourth-order valence-corrected chi connectivity index (χ4v) is 1.70. The third-order valence-corrected chi connectivity index (χ3v) is 2.59. The van der Waals surface area contributed by atoms with Gasteiger partial charge in [0.05, 0.1) is 13.7 Å². The van der Waals surface area contributed by atoms with Gasteiger partial charge in [-0.1, -0.05) is 26.0 Å². The van der Waals surface area contributed by atoms with Crippen molar-refractivity contribution >= 4 is 5.97 Å². The maximum absolute atomic E-state index is 10.9. The largest absolute Gasteiger partial charge is 0.494 e. The maximum Gasteiger partial charge on any atom is 0.305 e. The van der Waals surface area contributed by atoms with Gasteiger partial charge in [0.15, 0.2) is 0 Å². The van der Waals surface area contributed by atoms with Gasteiger partial charge in [0.2, 0.25) is 0 Å². The lowest BCUT2D eigenvalue weighted by atomic mass is 10.0. The quantitative estimate of drug-likeness (QED) is 0.550. The van der Waals surface area contributed by atoms with E-state index in [9.17, 15) is 4.79 Å². The maximum atomic E-state index is 10.9. The number of esters is 1. The van der Waals surface area contributed by atoms with E-state index in [0.717, 1.165) is 12.2 Å². The molecule has 0 amide bonds. The van der Waals surface area contributed by atoms with Crippen LogP contribution in [0.15, 0.2) is 24.3 Å². The van der Waals surface area contributed by atoms with E-state index in [0.29, 0.717) is 25.4 Å². The SMILES string of the molecule is COC(=O)CCCOc1ccc(CC(C)C)cc1. The van der Waals surface area contributed by atoms with Gasteiger partial charge in [-0.15, -0.1) is 0 Å². The highest BCUT2D eigenvalue weighted by Gasteiger charge is 2.01. The predicted molar refractivity (Wildman–Crippen MR) is 71.7 cm³/mol. The second-order valence-electron chi connectivity index (χ2n) is 4.77. The summed E-state index contributed by atoms with van der Waals surface area (Å²) in [7, 11) is 1.40. The van der Waals surface area contributed by atoms with Crippen LogP contribution in [0.25, 0.3) is 0 Å². The molecule has 0 aromatic heterocycles. The standard InChI is InChI=1S/C15H22O3/c1-12(2)11-13-6-8-14(9-7-13)18-10-4-5-15(16)17-3/h6-9,12H,4-5,10-11H2,1-3H3. The van der Waals surface area contributed by atoms with Gasteiger partial charge < -0.3 is 9.47 Å². The van der Waals surface area contributed by atoms with E-state index in [1.807, 2.05) is 12.1 Å². The smallest absolute Gasteiger partial charge is 0.305 e. The summed E-state index contributed by atoms with van der Waals surface area (Å²) in [5, 5.41) is 0. The number of carbonyl (C=O) groups excluding carboxylic acids is 1. The van der Waals surface area contributed by atoms with Crippen molar-refractivity contribution in [2.45, 2.75) is 33.1 Å². The molecule has 18 heavy (non-hydrogen) atoms. The van der Waals surface area contributed by atoms with Crippen molar-refractivity contribution in [3.8, 4) is 5.75 Å². The highest BCUT2D eigenvalue weighted by Crippen LogP contribution is 2.15. The van der Waals surface area contributed by atoms with Gasteiger partial charge in [0, 0.05) is 6.42 Å². The van der Waals surface area contributed by atoms with Crippen molar-refractivity contribution < 1.29 is 14.3 Å². The van der Waals surface area contributed by atoms with E-state index in [1.54, 1.807) is 0 Å². The molecule has 1 rings (SSSR count). The van der Waals surface area contributed by atoms with Crippen LogP contribution >= 0.6 is 0 Å². The average Bonchev–Trinajstić information content (AvgIpc) is 2.35. The number of methoxy groups -OCH3 is 1. The molecule has 0 fully saturated rings. The van der Waals surface area contributed by atoms with E-state index in [-0.39, 0.29) is 5.97 Å². The zero-order valence-corrected chi connectivity index (χ0v) is 11.4. The third-order valence-electron chi connectivity index (χ3n) is 2.59. The van der Waals surface area contributed by atoms with Crippen LogP contribution in [0.5, 0.6) is 5.75 Å². The van der Waals surface area contributed by atoms with Crippen LogP contribution in [0, 0.1) is 5.92 Å². The summed E-state index contributed by atoms with van der Waals surface area (Å²) in [4.78, 5) is 10.9. The molecule has 0 atom stereocenters. The lowest BCUT2D eigenvalue weighted by Gasteiger charge is -2.08. The minimum absolute atomic E-state index is 0.189. The molecular formula is C15H22O3. The molecule has 0 aliphatic rings. The van der Waals surface area contributed by atoms with Crippen molar-refractivity contribution in [2.24, 2.45) is 5.92 Å². The normalized spacial score (nSPS) is 10.4. The number of carbonyl (C=O) groups is 1. The summed E-state index contributed by atoms with van der Waals surface area (Å²) in [5.74, 6) is 1.33. The number of hydrogen-bond donors (Lipinski definition) is 0. The molecule has 0 saturated heterocycles. The van der Waals surface area contributed by atoms with Gasteiger partial charge in [-0.05, 0) is 36.5 Å². The first-order chi connectivity index (χ1) is 8.61. The molecule has 0 spiro atoms. The molecular weight excluding hydrogens is 228 g/mol. The van der Waals surface area contributed by atoms with Gasteiger partial charge in [-0.25, -0.2) is 0 Å². The van der Waals surface area contributed by atoms with E-state index in [2.05, 4.69) is 30.7 Å². The van der Waals surface area contributed by atoms with Crippen molar-refractivity contribution in [3.63, 3.8) is 0 Å². The summed E-state index contributed by atoms with van der Waals surface area (Å²) >= 11 is 0. The van der Waals surface area contributed by atoms with Crippen LogP contribution < -0.4 is 4.74 Å². The van der Waals surface area contributed by atoms with Crippen LogP contribution in [0.3, 0.4) is 0 Å². The Morgan fingerprint density at radius 3 is 2.44 bits per heavy atom. The first kappa shape index (κ1) is 14.6. The van der Waals surface area contributed by atoms with E-state index in [1.165, 1.54) is 12.7 Å². The summed E-state index contributed by atoms with van der Waals surface area (Å²) in [6.45, 7) is 4.95. The molecule has 1 aromatic rings. The lowest BCUT2D eigenvalue weighted by Crippen LogP contribution is -2.04. The fourth-order valence-electron chi connectivity index (χ4n) is 1.70. The van der Waals surface area contributed by atoms with Gasteiger partial charge in [-0.2, -0.15) is 0 Å². The monoisotopic (exact) mass is 250 g/mol. The zero-order chi connectivity index (χ0) is 13.4. The average molecular weight is 250 g/mol. The van der Waals surface area contributed by atoms with E-state index in [4.69, 9.17) is 4.74 Å².